The highest BCUT2D eigenvalue weighted by molar-refractivity contribution is 7.89. The first-order valence-corrected chi connectivity index (χ1v) is 12.6. The minimum absolute atomic E-state index is 0.0657. The van der Waals surface area contributed by atoms with Gasteiger partial charge in [0.1, 0.15) is 0 Å². The van der Waals surface area contributed by atoms with E-state index in [-0.39, 0.29) is 29.8 Å². The molecule has 2 amide bonds. The van der Waals surface area contributed by atoms with Crippen LogP contribution >= 0.6 is 0 Å². The van der Waals surface area contributed by atoms with Crippen molar-refractivity contribution in [3.63, 3.8) is 0 Å². The molecule has 0 unspecified atom stereocenters. The predicted octanol–water partition coefficient (Wildman–Crippen LogP) is 3.39. The van der Waals surface area contributed by atoms with Crippen LogP contribution in [-0.2, 0) is 21.4 Å². The average molecular weight is 478 g/mol. The summed E-state index contributed by atoms with van der Waals surface area (Å²) in [6.45, 7) is 2.99. The number of piperazine rings is 1. The number of amides is 2. The number of hydrogen-bond donors (Lipinski definition) is 0. The summed E-state index contributed by atoms with van der Waals surface area (Å²) in [6.07, 6.45) is 0. The number of hydrogen-bond acceptors (Lipinski definition) is 4. The molecule has 0 N–H and O–H groups in total. The van der Waals surface area contributed by atoms with E-state index in [0.717, 1.165) is 11.3 Å². The van der Waals surface area contributed by atoms with E-state index in [1.54, 1.807) is 21.9 Å². The second-order valence-corrected chi connectivity index (χ2v) is 10.1. The van der Waals surface area contributed by atoms with E-state index >= 15 is 0 Å². The van der Waals surface area contributed by atoms with Crippen molar-refractivity contribution in [2.24, 2.45) is 0 Å². The van der Waals surface area contributed by atoms with Crippen LogP contribution in [0.5, 0.6) is 0 Å². The Morgan fingerprint density at radius 1 is 0.824 bits per heavy atom. The Kier molecular flexibility index (Phi) is 7.09. The smallest absolute Gasteiger partial charge is 0.258 e. The maximum absolute atomic E-state index is 13.6. The first-order chi connectivity index (χ1) is 16.4. The molecule has 7 nitrogen and oxygen atoms in total. The number of para-hydroxylation sites is 1. The normalized spacial score (nSPS) is 14.6. The zero-order valence-corrected chi connectivity index (χ0v) is 19.8. The van der Waals surface area contributed by atoms with Gasteiger partial charge < -0.3 is 9.80 Å². The van der Waals surface area contributed by atoms with E-state index < -0.39 is 10.0 Å². The Morgan fingerprint density at radius 3 is 2.06 bits per heavy atom. The van der Waals surface area contributed by atoms with E-state index in [2.05, 4.69) is 0 Å². The van der Waals surface area contributed by atoms with Crippen LogP contribution in [-0.4, -0.2) is 55.6 Å². The SMILES string of the molecule is CC(=O)N1CCN(S(=O)(=O)c2cccc(C(=O)N(Cc3ccccc3)c3ccccc3)c2)CC1. The lowest BCUT2D eigenvalue weighted by atomic mass is 10.1. The molecule has 1 aliphatic heterocycles. The molecule has 1 fully saturated rings. The molecular formula is C26H27N3O4S. The van der Waals surface area contributed by atoms with Crippen molar-refractivity contribution in [3.8, 4) is 0 Å². The number of anilines is 1. The average Bonchev–Trinajstić information content (AvgIpc) is 2.88. The summed E-state index contributed by atoms with van der Waals surface area (Å²) in [5.41, 5.74) is 1.99. The first kappa shape index (κ1) is 23.7. The molecule has 0 saturated carbocycles. The molecule has 176 valence electrons. The molecule has 8 heteroatoms. The second-order valence-electron chi connectivity index (χ2n) is 8.15. The molecule has 0 aromatic heterocycles. The number of carbonyl (C=O) groups excluding carboxylic acids is 2. The third-order valence-electron chi connectivity index (χ3n) is 5.90. The molecule has 1 saturated heterocycles. The zero-order valence-electron chi connectivity index (χ0n) is 19.0. The Hall–Kier alpha value is -3.49. The fraction of sp³-hybridized carbons (Fsp3) is 0.231. The van der Waals surface area contributed by atoms with Crippen LogP contribution in [0.15, 0.2) is 89.8 Å². The quantitative estimate of drug-likeness (QED) is 0.545. The Balaban J connectivity index is 1.61. The van der Waals surface area contributed by atoms with Crippen LogP contribution in [0.25, 0.3) is 0 Å². The van der Waals surface area contributed by atoms with Crippen molar-refractivity contribution in [3.05, 3.63) is 96.1 Å². The van der Waals surface area contributed by atoms with Gasteiger partial charge in [-0.1, -0.05) is 54.6 Å². The fourth-order valence-corrected chi connectivity index (χ4v) is 5.46. The van der Waals surface area contributed by atoms with Gasteiger partial charge in [0.25, 0.3) is 5.91 Å². The third kappa shape index (κ3) is 5.18. The molecule has 0 bridgehead atoms. The number of benzene rings is 3. The van der Waals surface area contributed by atoms with Crippen LogP contribution in [0.2, 0.25) is 0 Å². The molecule has 0 atom stereocenters. The number of nitrogens with zero attached hydrogens (tertiary/aromatic N) is 3. The van der Waals surface area contributed by atoms with Crippen molar-refractivity contribution in [1.29, 1.82) is 0 Å². The zero-order chi connectivity index (χ0) is 24.1. The molecule has 4 rings (SSSR count). The van der Waals surface area contributed by atoms with Gasteiger partial charge in [-0.15, -0.1) is 0 Å². The van der Waals surface area contributed by atoms with Gasteiger partial charge in [-0.25, -0.2) is 8.42 Å². The van der Waals surface area contributed by atoms with E-state index in [4.69, 9.17) is 0 Å². The summed E-state index contributed by atoms with van der Waals surface area (Å²) in [7, 11) is -3.79. The molecule has 0 radical (unpaired) electrons. The predicted molar refractivity (Wildman–Crippen MR) is 131 cm³/mol. The first-order valence-electron chi connectivity index (χ1n) is 11.1. The van der Waals surface area contributed by atoms with Gasteiger partial charge in [-0.2, -0.15) is 4.31 Å². The van der Waals surface area contributed by atoms with Gasteiger partial charge in [-0.05, 0) is 35.9 Å². The van der Waals surface area contributed by atoms with E-state index in [9.17, 15) is 18.0 Å². The number of sulfonamides is 1. The van der Waals surface area contributed by atoms with Gasteiger partial charge in [0.2, 0.25) is 15.9 Å². The maximum atomic E-state index is 13.6. The van der Waals surface area contributed by atoms with Crippen molar-refractivity contribution in [2.45, 2.75) is 18.4 Å². The third-order valence-corrected chi connectivity index (χ3v) is 7.79. The highest BCUT2D eigenvalue weighted by Crippen LogP contribution is 2.23. The summed E-state index contributed by atoms with van der Waals surface area (Å²) < 4.78 is 27.9. The number of rotatable bonds is 6. The van der Waals surface area contributed by atoms with Crippen LogP contribution in [0, 0.1) is 0 Å². The van der Waals surface area contributed by atoms with E-state index in [0.29, 0.717) is 25.2 Å². The molecule has 3 aromatic rings. The highest BCUT2D eigenvalue weighted by atomic mass is 32.2. The molecule has 0 aliphatic carbocycles. The molecule has 1 aliphatic rings. The Labute approximate surface area is 200 Å². The van der Waals surface area contributed by atoms with E-state index in [1.165, 1.54) is 23.4 Å². The second kappa shape index (κ2) is 10.2. The van der Waals surface area contributed by atoms with Gasteiger partial charge in [0.15, 0.2) is 0 Å². The molecule has 34 heavy (non-hydrogen) atoms. The monoisotopic (exact) mass is 477 g/mol. The van der Waals surface area contributed by atoms with Gasteiger partial charge in [-0.3, -0.25) is 9.59 Å². The van der Waals surface area contributed by atoms with Gasteiger partial charge in [0, 0.05) is 44.4 Å². The lowest BCUT2D eigenvalue weighted by Crippen LogP contribution is -2.49. The topological polar surface area (TPSA) is 78.0 Å². The summed E-state index contributed by atoms with van der Waals surface area (Å²) >= 11 is 0. The number of carbonyl (C=O) groups is 2. The van der Waals surface area contributed by atoms with E-state index in [1.807, 2.05) is 60.7 Å². The van der Waals surface area contributed by atoms with Gasteiger partial charge >= 0.3 is 0 Å². The van der Waals surface area contributed by atoms with Crippen LogP contribution in [0.4, 0.5) is 5.69 Å². The van der Waals surface area contributed by atoms with Crippen LogP contribution < -0.4 is 4.90 Å². The van der Waals surface area contributed by atoms with Crippen molar-refractivity contribution < 1.29 is 18.0 Å². The molecular weight excluding hydrogens is 450 g/mol. The lowest BCUT2D eigenvalue weighted by Gasteiger charge is -2.33. The summed E-state index contributed by atoms with van der Waals surface area (Å²) in [5, 5.41) is 0. The van der Waals surface area contributed by atoms with Crippen molar-refractivity contribution in [1.82, 2.24) is 9.21 Å². The minimum Gasteiger partial charge on any atom is -0.340 e. The van der Waals surface area contributed by atoms with Gasteiger partial charge in [0.05, 0.1) is 11.4 Å². The fourth-order valence-electron chi connectivity index (χ4n) is 3.99. The Morgan fingerprint density at radius 2 is 1.44 bits per heavy atom. The summed E-state index contributed by atoms with van der Waals surface area (Å²) in [4.78, 5) is 28.5. The summed E-state index contributed by atoms with van der Waals surface area (Å²) in [6, 6.07) is 25.2. The Bertz CT molecular complexity index is 1260. The minimum atomic E-state index is -3.79. The van der Waals surface area contributed by atoms with Crippen LogP contribution in [0.3, 0.4) is 0 Å². The highest BCUT2D eigenvalue weighted by Gasteiger charge is 2.30. The lowest BCUT2D eigenvalue weighted by molar-refractivity contribution is -0.129. The standard InChI is InChI=1S/C26H27N3O4S/c1-21(30)27-15-17-28(18-16-27)34(32,33)25-14-8-11-23(19-25)26(31)29(24-12-6-3-7-13-24)20-22-9-4-2-5-10-22/h2-14,19H,15-18,20H2,1H3. The summed E-state index contributed by atoms with van der Waals surface area (Å²) in [5.74, 6) is -0.349. The molecule has 3 aromatic carbocycles. The van der Waals surface area contributed by atoms with Crippen molar-refractivity contribution >= 4 is 27.5 Å². The molecule has 1 heterocycles. The molecule has 0 spiro atoms. The maximum Gasteiger partial charge on any atom is 0.258 e. The largest absolute Gasteiger partial charge is 0.340 e. The van der Waals surface area contributed by atoms with Crippen molar-refractivity contribution in [2.75, 3.05) is 31.1 Å². The van der Waals surface area contributed by atoms with Crippen LogP contribution in [0.1, 0.15) is 22.8 Å².